The van der Waals surface area contributed by atoms with Gasteiger partial charge in [-0.15, -0.1) is 0 Å². The first kappa shape index (κ1) is 25.5. The predicted octanol–water partition coefficient (Wildman–Crippen LogP) is 3.98. The minimum atomic E-state index is -3.67. The first-order valence-electron chi connectivity index (χ1n) is 10.2. The molecule has 0 spiro atoms. The lowest BCUT2D eigenvalue weighted by Gasteiger charge is -2.43. The molecule has 170 valence electrons. The van der Waals surface area contributed by atoms with E-state index in [2.05, 4.69) is 45.0 Å². The Kier molecular flexibility index (Phi) is 8.80. The van der Waals surface area contributed by atoms with E-state index >= 15 is 0 Å². The summed E-state index contributed by atoms with van der Waals surface area (Å²) in [4.78, 5) is 12.4. The lowest BCUT2D eigenvalue weighted by molar-refractivity contribution is -0.140. The van der Waals surface area contributed by atoms with Gasteiger partial charge in [0, 0.05) is 20.8 Å². The maximum absolute atomic E-state index is 13.0. The molecule has 0 fully saturated rings. The molecule has 0 radical (unpaired) electrons. The fourth-order valence-corrected chi connectivity index (χ4v) is 9.98. The van der Waals surface area contributed by atoms with Crippen molar-refractivity contribution in [2.45, 2.75) is 37.9 Å². The molecule has 0 saturated heterocycles. The van der Waals surface area contributed by atoms with E-state index in [4.69, 9.17) is 18.2 Å². The van der Waals surface area contributed by atoms with Crippen molar-refractivity contribution in [3.8, 4) is 0 Å². The SMILES string of the molecule is COC(=O)C(CCO[Si](c1ccccc1)(c1ccccc1)C(C)(C)C)P(=O)(OC)OC. The van der Waals surface area contributed by atoms with Crippen molar-refractivity contribution in [3.05, 3.63) is 60.7 Å². The topological polar surface area (TPSA) is 71.1 Å². The molecular weight excluding hydrogens is 431 g/mol. The molecule has 2 aromatic rings. The first-order chi connectivity index (χ1) is 14.7. The Balaban J connectivity index is 2.47. The van der Waals surface area contributed by atoms with Crippen molar-refractivity contribution in [2.75, 3.05) is 27.9 Å². The van der Waals surface area contributed by atoms with Gasteiger partial charge in [0.1, 0.15) is 0 Å². The Hall–Kier alpha value is -1.76. The predicted molar refractivity (Wildman–Crippen MR) is 126 cm³/mol. The third-order valence-electron chi connectivity index (χ3n) is 5.49. The number of ether oxygens (including phenoxy) is 1. The van der Waals surface area contributed by atoms with Crippen LogP contribution in [0.25, 0.3) is 0 Å². The van der Waals surface area contributed by atoms with Crippen LogP contribution in [0.3, 0.4) is 0 Å². The Morgan fingerprint density at radius 1 is 0.903 bits per heavy atom. The highest BCUT2D eigenvalue weighted by Crippen LogP contribution is 2.53. The van der Waals surface area contributed by atoms with Gasteiger partial charge in [-0.2, -0.15) is 0 Å². The van der Waals surface area contributed by atoms with Crippen LogP contribution in [0.1, 0.15) is 27.2 Å². The van der Waals surface area contributed by atoms with Crippen LogP contribution in [0.4, 0.5) is 0 Å². The zero-order chi connectivity index (χ0) is 23.1. The molecule has 31 heavy (non-hydrogen) atoms. The summed E-state index contributed by atoms with van der Waals surface area (Å²) in [6.45, 7) is 6.72. The number of carbonyl (C=O) groups is 1. The number of hydrogen-bond donors (Lipinski definition) is 0. The van der Waals surface area contributed by atoms with E-state index < -0.39 is 27.5 Å². The van der Waals surface area contributed by atoms with Crippen LogP contribution in [-0.4, -0.2) is 47.9 Å². The molecule has 0 aromatic heterocycles. The van der Waals surface area contributed by atoms with Crippen LogP contribution in [0.5, 0.6) is 0 Å². The average Bonchev–Trinajstić information content (AvgIpc) is 2.78. The van der Waals surface area contributed by atoms with E-state index in [0.29, 0.717) is 0 Å². The molecule has 0 aliphatic carbocycles. The Morgan fingerprint density at radius 3 is 1.71 bits per heavy atom. The van der Waals surface area contributed by atoms with E-state index in [1.807, 2.05) is 36.4 Å². The average molecular weight is 465 g/mol. The highest BCUT2D eigenvalue weighted by atomic mass is 31.2. The van der Waals surface area contributed by atoms with E-state index in [1.54, 1.807) is 0 Å². The summed E-state index contributed by atoms with van der Waals surface area (Å²) in [7, 11) is -2.64. The van der Waals surface area contributed by atoms with Crippen molar-refractivity contribution in [1.29, 1.82) is 0 Å². The van der Waals surface area contributed by atoms with Gasteiger partial charge in [-0.3, -0.25) is 9.36 Å². The lowest BCUT2D eigenvalue weighted by Crippen LogP contribution is -2.66. The second-order valence-corrected chi connectivity index (χ2v) is 15.0. The van der Waals surface area contributed by atoms with Crippen molar-refractivity contribution >= 4 is 32.3 Å². The van der Waals surface area contributed by atoms with E-state index in [0.717, 1.165) is 10.4 Å². The second kappa shape index (κ2) is 10.7. The zero-order valence-electron chi connectivity index (χ0n) is 19.2. The van der Waals surface area contributed by atoms with Gasteiger partial charge in [0.25, 0.3) is 8.32 Å². The number of benzene rings is 2. The molecule has 6 nitrogen and oxygen atoms in total. The highest BCUT2D eigenvalue weighted by molar-refractivity contribution is 7.55. The van der Waals surface area contributed by atoms with E-state index in [-0.39, 0.29) is 18.1 Å². The van der Waals surface area contributed by atoms with Gasteiger partial charge in [-0.1, -0.05) is 81.4 Å². The minimum absolute atomic E-state index is 0.149. The molecule has 2 aromatic carbocycles. The van der Waals surface area contributed by atoms with Gasteiger partial charge in [0.05, 0.1) is 7.11 Å². The standard InChI is InChI=1S/C23H33O6PSi/c1-23(2,3)31(19-13-9-7-10-14-19,20-15-11-8-12-16-20)29-18-17-21(22(24)26-4)30(25,27-5)28-6/h7-16,21H,17-18H2,1-6H3. The van der Waals surface area contributed by atoms with Crippen molar-refractivity contribution < 1.29 is 27.6 Å². The molecule has 1 unspecified atom stereocenters. The minimum Gasteiger partial charge on any atom is -0.468 e. The number of methoxy groups -OCH3 is 1. The molecule has 0 heterocycles. The zero-order valence-corrected chi connectivity index (χ0v) is 21.1. The number of hydrogen-bond acceptors (Lipinski definition) is 6. The molecule has 1 atom stereocenters. The summed E-state index contributed by atoms with van der Waals surface area (Å²) < 4.78 is 34.8. The van der Waals surface area contributed by atoms with Gasteiger partial charge >= 0.3 is 13.6 Å². The van der Waals surface area contributed by atoms with Crippen molar-refractivity contribution in [1.82, 2.24) is 0 Å². The second-order valence-electron chi connectivity index (χ2n) is 8.24. The smallest absolute Gasteiger partial charge is 0.344 e. The van der Waals surface area contributed by atoms with Crippen molar-refractivity contribution in [2.24, 2.45) is 0 Å². The quantitative estimate of drug-likeness (QED) is 0.301. The highest BCUT2D eigenvalue weighted by Gasteiger charge is 2.50. The fraction of sp³-hybridized carbons (Fsp3) is 0.435. The van der Waals surface area contributed by atoms with Gasteiger partial charge in [0.2, 0.25) is 0 Å². The van der Waals surface area contributed by atoms with Crippen LogP contribution in [-0.2, 0) is 27.6 Å². The van der Waals surface area contributed by atoms with Crippen LogP contribution >= 0.6 is 7.60 Å². The molecule has 0 aliphatic heterocycles. The van der Waals surface area contributed by atoms with Gasteiger partial charge in [0.15, 0.2) is 5.66 Å². The van der Waals surface area contributed by atoms with Crippen LogP contribution in [0, 0.1) is 0 Å². The number of carbonyl (C=O) groups excluding carboxylic acids is 1. The monoisotopic (exact) mass is 464 g/mol. The summed E-state index contributed by atoms with van der Waals surface area (Å²) >= 11 is 0. The maximum Gasteiger partial charge on any atom is 0.344 e. The molecule has 0 saturated carbocycles. The molecule has 0 aliphatic rings. The van der Waals surface area contributed by atoms with Crippen molar-refractivity contribution in [3.63, 3.8) is 0 Å². The normalized spacial score (nSPS) is 13.6. The van der Waals surface area contributed by atoms with Crippen LogP contribution in [0.2, 0.25) is 5.04 Å². The molecule has 0 bridgehead atoms. The number of esters is 1. The molecule has 0 N–H and O–H groups in total. The Labute approximate surface area is 186 Å². The lowest BCUT2D eigenvalue weighted by atomic mass is 10.2. The summed E-state index contributed by atoms with van der Waals surface area (Å²) in [6, 6.07) is 20.4. The summed E-state index contributed by atoms with van der Waals surface area (Å²) in [5, 5.41) is 2.05. The van der Waals surface area contributed by atoms with E-state index in [1.165, 1.54) is 21.3 Å². The van der Waals surface area contributed by atoms with Gasteiger partial charge < -0.3 is 18.2 Å². The third-order valence-corrected chi connectivity index (χ3v) is 12.8. The van der Waals surface area contributed by atoms with Crippen LogP contribution in [0.15, 0.2) is 60.7 Å². The van der Waals surface area contributed by atoms with E-state index in [9.17, 15) is 9.36 Å². The molecule has 0 amide bonds. The largest absolute Gasteiger partial charge is 0.468 e. The van der Waals surface area contributed by atoms with Gasteiger partial charge in [-0.05, 0) is 21.8 Å². The maximum atomic E-state index is 13.0. The molecule has 8 heteroatoms. The Bertz CT molecular complexity index is 834. The molecular formula is C23H33O6PSi. The summed E-state index contributed by atoms with van der Waals surface area (Å²) in [6.07, 6.45) is 0.149. The first-order valence-corrected chi connectivity index (χ1v) is 13.7. The fourth-order valence-electron chi connectivity index (χ4n) is 3.96. The third kappa shape index (κ3) is 5.36. The number of rotatable bonds is 10. The van der Waals surface area contributed by atoms with Crippen LogP contribution < -0.4 is 10.4 Å². The summed E-state index contributed by atoms with van der Waals surface area (Å²) in [5.41, 5.74) is -1.06. The van der Waals surface area contributed by atoms with Gasteiger partial charge in [-0.25, -0.2) is 0 Å². The molecule has 2 rings (SSSR count). The summed E-state index contributed by atoms with van der Waals surface area (Å²) in [5.74, 6) is -0.641. The Morgan fingerprint density at radius 2 is 1.35 bits per heavy atom.